The van der Waals surface area contributed by atoms with Gasteiger partial charge in [-0.25, -0.2) is 41.5 Å². The molecule has 0 atom stereocenters. The molecule has 0 bridgehead atoms. The van der Waals surface area contributed by atoms with Crippen molar-refractivity contribution in [1.29, 1.82) is 0 Å². The Morgan fingerprint density at radius 1 is 0.343 bits per heavy atom. The van der Waals surface area contributed by atoms with Gasteiger partial charge in [0.25, 0.3) is 0 Å². The van der Waals surface area contributed by atoms with Gasteiger partial charge in [0, 0.05) is 139 Å². The summed E-state index contributed by atoms with van der Waals surface area (Å²) in [7, 11) is 0. The number of hydrogen-bond acceptors (Lipinski definition) is 15. The van der Waals surface area contributed by atoms with Crippen molar-refractivity contribution in [3.8, 4) is 5.75 Å². The van der Waals surface area contributed by atoms with Crippen LogP contribution in [0, 0.1) is 15.2 Å². The van der Waals surface area contributed by atoms with Crippen molar-refractivity contribution in [2.24, 2.45) is 35.7 Å². The van der Waals surface area contributed by atoms with Crippen LogP contribution in [0.3, 0.4) is 0 Å². The molecular weight excluding hydrogens is 1560 g/mol. The van der Waals surface area contributed by atoms with Gasteiger partial charge in [-0.05, 0) is 180 Å². The number of phenolic OH excluding ortho intramolecular Hbond substituents is 1. The number of rotatable bonds is 0. The van der Waals surface area contributed by atoms with E-state index >= 15 is 0 Å². The van der Waals surface area contributed by atoms with Crippen LogP contribution < -0.4 is 0 Å². The molecule has 22 nitrogen and oxygen atoms in total. The predicted molar refractivity (Wildman–Crippen MR) is 415 cm³/mol. The van der Waals surface area contributed by atoms with Gasteiger partial charge in [-0.1, -0.05) is 51.3 Å². The van der Waals surface area contributed by atoms with E-state index in [2.05, 4.69) is 80.3 Å². The Morgan fingerprint density at radius 3 is 1.13 bits per heavy atom. The van der Waals surface area contributed by atoms with Gasteiger partial charge in [-0.2, -0.15) is 35.7 Å². The van der Waals surface area contributed by atoms with Crippen LogP contribution in [-0.4, -0.2) is 122 Å². The fourth-order valence-corrected chi connectivity index (χ4v) is 14.0. The molecule has 7 aromatic carbocycles. The zero-order chi connectivity index (χ0) is 72.9. The number of Topliss-reactive ketones (excluding diaryl/α,β-unsaturated/α-hetero) is 7. The summed E-state index contributed by atoms with van der Waals surface area (Å²) in [6.07, 6.45) is 13.8. The molecule has 14 aromatic rings. The van der Waals surface area contributed by atoms with Gasteiger partial charge in [-0.15, -0.1) is 0 Å². The molecule has 0 aliphatic carbocycles. The third kappa shape index (κ3) is 13.5. The number of hydrogen-bond donors (Lipinski definition) is 1. The minimum absolute atomic E-state index is 0.0154. The summed E-state index contributed by atoms with van der Waals surface area (Å²) in [6, 6.07) is 49.6. The second kappa shape index (κ2) is 28.8. The Kier molecular flexibility index (Phi) is 18.9. The van der Waals surface area contributed by atoms with Crippen molar-refractivity contribution in [1.82, 2.24) is 32.7 Å². The average Bonchev–Trinajstić information content (AvgIpc) is 1.69. The molecule has 0 spiro atoms. The molecule has 7 aromatic heterocycles. The zero-order valence-corrected chi connectivity index (χ0v) is 59.7. The van der Waals surface area contributed by atoms with Crippen molar-refractivity contribution in [3.63, 3.8) is 0 Å². The Hall–Kier alpha value is -11.9. The van der Waals surface area contributed by atoms with E-state index in [0.717, 1.165) is 64.5 Å². The quantitative estimate of drug-likeness (QED) is 0.142. The number of benzene rings is 7. The maximum absolute atomic E-state index is 13.4. The summed E-state index contributed by atoms with van der Waals surface area (Å²) in [6.45, 7) is 0. The van der Waals surface area contributed by atoms with Gasteiger partial charge in [-0.3, -0.25) is 33.6 Å². The molecule has 518 valence electrons. The average molecular weight is 1620 g/mol. The fourth-order valence-electron chi connectivity index (χ4n) is 12.7. The second-order valence-corrected chi connectivity index (χ2v) is 27.3. The van der Waals surface area contributed by atoms with Gasteiger partial charge < -0.3 is 5.11 Å². The van der Waals surface area contributed by atoms with Crippen LogP contribution >= 0.6 is 61.7 Å². The third-order valence-corrected chi connectivity index (χ3v) is 19.3. The first-order valence-corrected chi connectivity index (χ1v) is 35.1. The maximum Gasteiger partial charge on any atom is 0.186 e. The Bertz CT molecular complexity index is 5580. The highest BCUT2D eigenvalue weighted by Gasteiger charge is 2.25. The first kappa shape index (κ1) is 68.9. The summed E-state index contributed by atoms with van der Waals surface area (Å²) in [5.41, 5.74) is 10.2. The lowest BCUT2D eigenvalue weighted by molar-refractivity contribution is 0.0982. The largest absolute Gasteiger partial charge is 0.508 e. The van der Waals surface area contributed by atoms with Crippen molar-refractivity contribution >= 4 is 222 Å². The summed E-state index contributed by atoms with van der Waals surface area (Å²) in [5, 5.41) is 45.7. The normalized spacial score (nSPS) is 14.6. The third-order valence-electron chi connectivity index (χ3n) is 17.6. The van der Waals surface area contributed by atoms with E-state index in [4.69, 9.17) is 23.2 Å². The van der Waals surface area contributed by atoms with E-state index in [0.29, 0.717) is 105 Å². The summed E-state index contributed by atoms with van der Waals surface area (Å²) in [5.74, 6) is 0.0483. The van der Waals surface area contributed by atoms with E-state index in [1.807, 2.05) is 78.9 Å². The van der Waals surface area contributed by atoms with Crippen LogP contribution in [0.2, 0.25) is 10.0 Å². The highest BCUT2D eigenvalue weighted by atomic mass is 127. The molecule has 1 N–H and O–H groups in total. The van der Waals surface area contributed by atoms with Gasteiger partial charge >= 0.3 is 0 Å². The number of halogens is 6. The molecule has 7 aliphatic rings. The van der Waals surface area contributed by atoms with Crippen LogP contribution in [0.25, 0.3) is 76.3 Å². The van der Waals surface area contributed by atoms with Crippen LogP contribution in [0.15, 0.2) is 210 Å². The molecule has 105 heavy (non-hydrogen) atoms. The van der Waals surface area contributed by atoms with E-state index in [1.165, 1.54) is 26.4 Å². The van der Waals surface area contributed by atoms with Crippen molar-refractivity contribution < 1.29 is 47.4 Å². The number of aromatic hydroxyl groups is 1. The lowest BCUT2D eigenvalue weighted by atomic mass is 10.2. The Labute approximate surface area is 623 Å². The fraction of sp³-hybridized carbons (Fsp3) is 0.0909. The lowest BCUT2D eigenvalue weighted by Gasteiger charge is -2.06. The minimum Gasteiger partial charge on any atom is -0.508 e. The molecular formula is C77H50BrCl2F2IN14O8. The minimum atomic E-state index is -0.322. The lowest BCUT2D eigenvalue weighted by Crippen LogP contribution is -2.11. The standard InChI is InChI=1S/C11H7BrN2O.2C11H7ClN2O.2C11H7FN2O.C11H7IN2O.C11H8N2O2/c2*12-8-1-2-9-7(5-8)6-10-11(15)3-4-13-14(9)10;12-8-2-1-3-9-7(8)6-10-11(15)4-5-13-14(9)10;12-8-1-2-9-7(5-8)6-10-11(15)3-4-13-14(9)10;12-8-2-1-3-9-7(8)6-10-11(15)4-5-13-14(9)10;12-8-1-2-9-7(5-8)6-10-11(15)3-4-13-14(9)10;14-8-1-2-9-7(5-8)6-10-11(15)3-4-12-13(9)10/h2*1-2,4-6H,3H2;1-3,5-6H,4H2;1-2,4-6H,3H2;1-3,5-6H,4H2;1-2,4-6H,3H2;1-2,4-6,14H,3H2. The van der Waals surface area contributed by atoms with E-state index < -0.39 is 0 Å². The second-order valence-electron chi connectivity index (χ2n) is 24.3. The van der Waals surface area contributed by atoms with Crippen molar-refractivity contribution in [2.45, 2.75) is 44.9 Å². The SMILES string of the molecule is O=C1CC=Nn2c1cc1c(Cl)cccc12.O=C1CC=Nn2c1cc1c(F)cccc12.O=C1CC=Nn2c1cc1cc(Br)ccc12.O=C1CC=Nn2c1cc1cc(Cl)ccc12.O=C1CC=Nn2c1cc1cc(F)ccc12.O=C1CC=Nn2c1cc1cc(I)ccc12.O=C1CC=Nn2c1cc1cc(O)ccc12. The molecule has 0 radical (unpaired) electrons. The molecule has 0 saturated carbocycles. The van der Waals surface area contributed by atoms with Crippen LogP contribution in [-0.2, 0) is 0 Å². The van der Waals surface area contributed by atoms with Crippen LogP contribution in [0.1, 0.15) is 118 Å². The molecule has 0 amide bonds. The molecule has 14 heterocycles. The highest BCUT2D eigenvalue weighted by Crippen LogP contribution is 2.33. The molecule has 28 heteroatoms. The van der Waals surface area contributed by atoms with Gasteiger partial charge in [0.1, 0.15) is 57.2 Å². The summed E-state index contributed by atoms with van der Waals surface area (Å²) >= 11 is 17.6. The van der Waals surface area contributed by atoms with Crippen LogP contribution in [0.4, 0.5) is 8.78 Å². The van der Waals surface area contributed by atoms with Gasteiger partial charge in [0.05, 0.1) is 43.6 Å². The molecule has 0 saturated heterocycles. The number of aromatic nitrogens is 7. The van der Waals surface area contributed by atoms with Crippen LogP contribution in [0.5, 0.6) is 5.75 Å². The number of phenols is 1. The monoisotopic (exact) mass is 1610 g/mol. The summed E-state index contributed by atoms with van der Waals surface area (Å²) in [4.78, 5) is 81.1. The highest BCUT2D eigenvalue weighted by molar-refractivity contribution is 14.1. The molecule has 0 fully saturated rings. The first-order chi connectivity index (χ1) is 50.8. The van der Waals surface area contributed by atoms with Crippen molar-refractivity contribution in [2.75, 3.05) is 0 Å². The van der Waals surface area contributed by atoms with Gasteiger partial charge in [0.2, 0.25) is 0 Å². The Morgan fingerprint density at radius 2 is 0.676 bits per heavy atom. The van der Waals surface area contributed by atoms with Crippen molar-refractivity contribution in [3.05, 3.63) is 239 Å². The molecule has 0 unspecified atom stereocenters. The number of fused-ring (bicyclic) bond motifs is 21. The zero-order valence-electron chi connectivity index (χ0n) is 54.5. The predicted octanol–water partition coefficient (Wildman–Crippen LogP) is 17.1. The van der Waals surface area contributed by atoms with E-state index in [-0.39, 0.29) is 64.3 Å². The summed E-state index contributed by atoms with van der Waals surface area (Å²) < 4.78 is 40.0. The Balaban J connectivity index is 0.0000000983. The smallest absolute Gasteiger partial charge is 0.186 e. The topological polar surface area (TPSA) is 261 Å². The molecule has 7 aliphatic heterocycles. The van der Waals surface area contributed by atoms with E-state index in [1.54, 1.807) is 138 Å². The number of ketones is 7. The number of carbonyl (C=O) groups excluding carboxylic acids is 7. The van der Waals surface area contributed by atoms with Gasteiger partial charge in [0.15, 0.2) is 40.5 Å². The number of carbonyl (C=O) groups is 7. The molecule has 21 rings (SSSR count). The first-order valence-electron chi connectivity index (χ1n) is 32.4. The maximum atomic E-state index is 13.4. The number of nitrogens with zero attached hydrogens (tertiary/aromatic N) is 14. The van der Waals surface area contributed by atoms with E-state index in [9.17, 15) is 47.4 Å².